The van der Waals surface area contributed by atoms with Crippen LogP contribution in [0.15, 0.2) is 12.0 Å². The molecule has 1 heterocycles. The topological polar surface area (TPSA) is 108 Å². The zero-order valence-electron chi connectivity index (χ0n) is 20.9. The molecule has 2 unspecified atom stereocenters. The van der Waals surface area contributed by atoms with Gasteiger partial charge in [-0.2, -0.15) is 4.39 Å². The molecule has 3 N–H and O–H groups in total. The van der Waals surface area contributed by atoms with Gasteiger partial charge in [0.25, 0.3) is 5.91 Å². The molecule has 34 heavy (non-hydrogen) atoms. The van der Waals surface area contributed by atoms with E-state index < -0.39 is 25.9 Å². The molecule has 0 aromatic heterocycles. The molecule has 0 spiro atoms. The second-order valence-corrected chi connectivity index (χ2v) is 10.5. The SMILES string of the molecule is CCCCCCCCCCCCCCCCCCOP(=O)(O)OCCN1C=C(F)C(=O)NC1O. The molecule has 1 rings (SSSR count). The van der Waals surface area contributed by atoms with Gasteiger partial charge in [0, 0.05) is 12.7 Å². The summed E-state index contributed by atoms with van der Waals surface area (Å²) in [6.45, 7) is 2.01. The maximum absolute atomic E-state index is 13.2. The molecular formula is C24H46FN2O6P. The van der Waals surface area contributed by atoms with E-state index in [1.165, 1.54) is 83.5 Å². The van der Waals surface area contributed by atoms with Gasteiger partial charge in [-0.05, 0) is 6.42 Å². The fourth-order valence-corrected chi connectivity index (χ4v) is 4.61. The lowest BCUT2D eigenvalue weighted by molar-refractivity contribution is -0.128. The van der Waals surface area contributed by atoms with Crippen LogP contribution >= 0.6 is 7.82 Å². The van der Waals surface area contributed by atoms with Gasteiger partial charge < -0.3 is 20.2 Å². The Morgan fingerprint density at radius 3 is 1.82 bits per heavy atom. The minimum Gasteiger partial charge on any atom is -0.356 e. The van der Waals surface area contributed by atoms with E-state index in [4.69, 9.17) is 9.05 Å². The Balaban J connectivity index is 1.89. The molecule has 0 aromatic carbocycles. The average Bonchev–Trinajstić information content (AvgIpc) is 2.79. The molecule has 0 radical (unpaired) electrons. The van der Waals surface area contributed by atoms with E-state index in [0.717, 1.165) is 23.9 Å². The van der Waals surface area contributed by atoms with Crippen molar-refractivity contribution in [2.24, 2.45) is 0 Å². The van der Waals surface area contributed by atoms with Gasteiger partial charge in [-0.3, -0.25) is 13.8 Å². The van der Waals surface area contributed by atoms with Crippen LogP contribution in [0.4, 0.5) is 4.39 Å². The Bertz CT molecular complexity index is 622. The highest BCUT2D eigenvalue weighted by Crippen LogP contribution is 2.43. The summed E-state index contributed by atoms with van der Waals surface area (Å²) in [6, 6.07) is 0. The lowest BCUT2D eigenvalue weighted by Gasteiger charge is -2.30. The van der Waals surface area contributed by atoms with Gasteiger partial charge in [-0.1, -0.05) is 103 Å². The standard InChI is InChI=1S/C24H46FN2O6P/c1-2-3-4-5-6-7-8-9-10-11-12-13-14-15-16-17-19-32-34(30,31)33-20-18-27-21-22(25)23(28)26-24(27)29/h21,24,29H,2-20H2,1H3,(H,26,28)(H,30,31). The summed E-state index contributed by atoms with van der Waals surface area (Å²) >= 11 is 0. The Labute approximate surface area is 204 Å². The minimum absolute atomic E-state index is 0.0954. The molecule has 1 aliphatic heterocycles. The van der Waals surface area contributed by atoms with Crippen molar-refractivity contribution >= 4 is 13.7 Å². The third kappa shape index (κ3) is 15.8. The number of phosphoric ester groups is 1. The second-order valence-electron chi connectivity index (χ2n) is 9.00. The second kappa shape index (κ2) is 19.2. The number of aliphatic hydroxyl groups excluding tert-OH is 1. The molecule has 1 amide bonds. The first-order valence-corrected chi connectivity index (χ1v) is 14.6. The quantitative estimate of drug-likeness (QED) is 0.123. The average molecular weight is 509 g/mol. The first-order valence-electron chi connectivity index (χ1n) is 13.1. The fraction of sp³-hybridized carbons (Fsp3) is 0.875. The van der Waals surface area contributed by atoms with E-state index in [9.17, 15) is 23.7 Å². The number of nitrogens with zero attached hydrogens (tertiary/aromatic N) is 1. The van der Waals surface area contributed by atoms with Crippen molar-refractivity contribution < 1.29 is 32.8 Å². The van der Waals surface area contributed by atoms with E-state index >= 15 is 0 Å². The van der Waals surface area contributed by atoms with E-state index in [0.29, 0.717) is 6.42 Å². The number of amides is 1. The molecule has 0 fully saturated rings. The molecular weight excluding hydrogens is 462 g/mol. The van der Waals surface area contributed by atoms with Crippen molar-refractivity contribution in [1.82, 2.24) is 10.2 Å². The van der Waals surface area contributed by atoms with Crippen LogP contribution in [0.3, 0.4) is 0 Å². The summed E-state index contributed by atoms with van der Waals surface area (Å²) < 4.78 is 34.9. The molecule has 8 nitrogen and oxygen atoms in total. The molecule has 0 bridgehead atoms. The van der Waals surface area contributed by atoms with E-state index in [1.807, 2.05) is 5.32 Å². The number of unbranched alkanes of at least 4 members (excludes halogenated alkanes) is 15. The zero-order chi connectivity index (χ0) is 25.1. The molecule has 2 atom stereocenters. The maximum Gasteiger partial charge on any atom is 0.472 e. The van der Waals surface area contributed by atoms with Gasteiger partial charge in [0.05, 0.1) is 13.2 Å². The van der Waals surface area contributed by atoms with Gasteiger partial charge in [0.2, 0.25) is 12.2 Å². The monoisotopic (exact) mass is 508 g/mol. The van der Waals surface area contributed by atoms with Crippen molar-refractivity contribution in [2.75, 3.05) is 19.8 Å². The fourth-order valence-electron chi connectivity index (χ4n) is 3.86. The van der Waals surface area contributed by atoms with Crippen LogP contribution in [-0.4, -0.2) is 46.9 Å². The first-order chi connectivity index (χ1) is 16.4. The van der Waals surface area contributed by atoms with Crippen LogP contribution in [0.1, 0.15) is 110 Å². The van der Waals surface area contributed by atoms with Crippen molar-refractivity contribution in [3.8, 4) is 0 Å². The normalized spacial score (nSPS) is 18.0. The Morgan fingerprint density at radius 2 is 1.32 bits per heavy atom. The lowest BCUT2D eigenvalue weighted by Crippen LogP contribution is -2.50. The van der Waals surface area contributed by atoms with Crippen molar-refractivity contribution in [3.63, 3.8) is 0 Å². The Hall–Kier alpha value is -0.990. The summed E-state index contributed by atoms with van der Waals surface area (Å²) in [5, 5.41) is 11.6. The van der Waals surface area contributed by atoms with Gasteiger partial charge in [0.15, 0.2) is 0 Å². The predicted octanol–water partition coefficient (Wildman–Crippen LogP) is 5.90. The summed E-state index contributed by atoms with van der Waals surface area (Å²) in [7, 11) is -4.21. The van der Waals surface area contributed by atoms with Crippen molar-refractivity contribution in [2.45, 2.75) is 116 Å². The minimum atomic E-state index is -4.21. The number of carbonyl (C=O) groups excluding carboxylic acids is 1. The molecule has 0 aromatic rings. The molecule has 1 aliphatic rings. The van der Waals surface area contributed by atoms with Crippen molar-refractivity contribution in [1.29, 1.82) is 0 Å². The highest BCUT2D eigenvalue weighted by molar-refractivity contribution is 7.47. The van der Waals surface area contributed by atoms with Gasteiger partial charge in [-0.15, -0.1) is 0 Å². The smallest absolute Gasteiger partial charge is 0.356 e. The molecule has 10 heteroatoms. The van der Waals surface area contributed by atoms with Crippen LogP contribution in [0, 0.1) is 0 Å². The van der Waals surface area contributed by atoms with Gasteiger partial charge in [0.1, 0.15) is 0 Å². The van der Waals surface area contributed by atoms with Gasteiger partial charge in [-0.25, -0.2) is 4.57 Å². The first kappa shape index (κ1) is 31.0. The van der Waals surface area contributed by atoms with Crippen LogP contribution in [0.25, 0.3) is 0 Å². The van der Waals surface area contributed by atoms with Crippen LogP contribution in [0.2, 0.25) is 0 Å². The van der Waals surface area contributed by atoms with Crippen LogP contribution in [-0.2, 0) is 18.4 Å². The van der Waals surface area contributed by atoms with Crippen LogP contribution in [0.5, 0.6) is 0 Å². The Kier molecular flexibility index (Phi) is 17.6. The molecule has 200 valence electrons. The van der Waals surface area contributed by atoms with Crippen LogP contribution < -0.4 is 5.32 Å². The van der Waals surface area contributed by atoms with E-state index in [-0.39, 0.29) is 19.8 Å². The maximum atomic E-state index is 13.2. The third-order valence-corrected chi connectivity index (χ3v) is 6.94. The number of rotatable bonds is 22. The summed E-state index contributed by atoms with van der Waals surface area (Å²) in [4.78, 5) is 21.8. The zero-order valence-corrected chi connectivity index (χ0v) is 21.8. The third-order valence-electron chi connectivity index (χ3n) is 5.93. The highest BCUT2D eigenvalue weighted by Gasteiger charge is 2.26. The predicted molar refractivity (Wildman–Crippen MR) is 131 cm³/mol. The van der Waals surface area contributed by atoms with Crippen molar-refractivity contribution in [3.05, 3.63) is 12.0 Å². The number of nitrogens with one attached hydrogen (secondary N) is 1. The number of hydrogen-bond donors (Lipinski definition) is 3. The number of phosphoric acid groups is 1. The Morgan fingerprint density at radius 1 is 0.882 bits per heavy atom. The number of aliphatic hydroxyl groups is 1. The number of hydrogen-bond acceptors (Lipinski definition) is 6. The number of halogens is 1. The van der Waals surface area contributed by atoms with Gasteiger partial charge >= 0.3 is 7.82 Å². The van der Waals surface area contributed by atoms with E-state index in [1.54, 1.807) is 0 Å². The molecule has 0 saturated carbocycles. The highest BCUT2D eigenvalue weighted by atomic mass is 31.2. The summed E-state index contributed by atoms with van der Waals surface area (Å²) in [6.07, 6.45) is 19.4. The lowest BCUT2D eigenvalue weighted by atomic mass is 10.0. The molecule has 0 aliphatic carbocycles. The number of carbonyl (C=O) groups is 1. The summed E-state index contributed by atoms with van der Waals surface area (Å²) in [5.74, 6) is -2.07. The summed E-state index contributed by atoms with van der Waals surface area (Å²) in [5.41, 5.74) is 0. The van der Waals surface area contributed by atoms with E-state index in [2.05, 4.69) is 6.92 Å². The molecule has 0 saturated heterocycles. The largest absolute Gasteiger partial charge is 0.472 e.